The minimum absolute atomic E-state index is 0.378. The SMILES string of the molecule is COC(=O)C(O)c1ccc(-n2cccn2)c(Cl)c1. The fraction of sp³-hybridized carbons (Fsp3) is 0.167. The van der Waals surface area contributed by atoms with Crippen LogP contribution in [0, 0.1) is 0 Å². The van der Waals surface area contributed by atoms with Crippen molar-refractivity contribution in [3.05, 3.63) is 47.2 Å². The summed E-state index contributed by atoms with van der Waals surface area (Å²) in [6.45, 7) is 0. The molecule has 0 aliphatic carbocycles. The first-order valence-corrected chi connectivity index (χ1v) is 5.56. The first-order chi connectivity index (χ1) is 8.63. The summed E-state index contributed by atoms with van der Waals surface area (Å²) in [5, 5.41) is 14.1. The lowest BCUT2D eigenvalue weighted by atomic mass is 10.1. The highest BCUT2D eigenvalue weighted by atomic mass is 35.5. The Balaban J connectivity index is 2.33. The number of rotatable bonds is 3. The molecule has 0 spiro atoms. The number of aliphatic hydroxyl groups excluding tert-OH is 1. The third-order valence-electron chi connectivity index (χ3n) is 2.46. The van der Waals surface area contributed by atoms with E-state index in [9.17, 15) is 9.90 Å². The molecule has 2 aromatic rings. The van der Waals surface area contributed by atoms with Crippen LogP contribution in [0.5, 0.6) is 0 Å². The second kappa shape index (κ2) is 5.20. The number of ether oxygens (including phenoxy) is 1. The lowest BCUT2D eigenvalue weighted by Gasteiger charge is -2.11. The van der Waals surface area contributed by atoms with Crippen molar-refractivity contribution in [2.45, 2.75) is 6.10 Å². The molecule has 5 nitrogen and oxygen atoms in total. The fourth-order valence-electron chi connectivity index (χ4n) is 1.54. The van der Waals surface area contributed by atoms with E-state index >= 15 is 0 Å². The Bertz CT molecular complexity index is 554. The second-order valence-corrected chi connectivity index (χ2v) is 3.99. The van der Waals surface area contributed by atoms with Gasteiger partial charge in [0.25, 0.3) is 0 Å². The average Bonchev–Trinajstić information content (AvgIpc) is 2.90. The van der Waals surface area contributed by atoms with Gasteiger partial charge in [-0.25, -0.2) is 9.48 Å². The van der Waals surface area contributed by atoms with Gasteiger partial charge in [0.2, 0.25) is 0 Å². The molecular weight excluding hydrogens is 256 g/mol. The highest BCUT2D eigenvalue weighted by Gasteiger charge is 2.19. The summed E-state index contributed by atoms with van der Waals surface area (Å²) in [6, 6.07) is 6.56. The van der Waals surface area contributed by atoms with Crippen molar-refractivity contribution in [3.8, 4) is 5.69 Å². The largest absolute Gasteiger partial charge is 0.467 e. The van der Waals surface area contributed by atoms with Crippen molar-refractivity contribution in [1.82, 2.24) is 9.78 Å². The van der Waals surface area contributed by atoms with Crippen LogP contribution in [0.4, 0.5) is 0 Å². The van der Waals surface area contributed by atoms with E-state index in [1.165, 1.54) is 13.2 Å². The van der Waals surface area contributed by atoms with Crippen molar-refractivity contribution in [3.63, 3.8) is 0 Å². The second-order valence-electron chi connectivity index (χ2n) is 3.59. The lowest BCUT2D eigenvalue weighted by molar-refractivity contribution is -0.150. The molecule has 1 aromatic carbocycles. The zero-order valence-corrected chi connectivity index (χ0v) is 10.3. The number of halogens is 1. The molecule has 18 heavy (non-hydrogen) atoms. The topological polar surface area (TPSA) is 64.3 Å². The molecule has 94 valence electrons. The zero-order chi connectivity index (χ0) is 13.1. The number of carbonyl (C=O) groups is 1. The van der Waals surface area contributed by atoms with Crippen molar-refractivity contribution in [2.75, 3.05) is 7.11 Å². The van der Waals surface area contributed by atoms with E-state index < -0.39 is 12.1 Å². The van der Waals surface area contributed by atoms with Gasteiger partial charge in [-0.2, -0.15) is 5.10 Å². The first kappa shape index (κ1) is 12.6. The summed E-state index contributed by atoms with van der Waals surface area (Å²) in [5.74, 6) is -0.724. The monoisotopic (exact) mass is 266 g/mol. The van der Waals surface area contributed by atoms with Gasteiger partial charge in [0, 0.05) is 12.4 Å². The number of carbonyl (C=O) groups excluding carboxylic acids is 1. The predicted molar refractivity (Wildman–Crippen MR) is 65.5 cm³/mol. The van der Waals surface area contributed by atoms with Gasteiger partial charge < -0.3 is 9.84 Å². The zero-order valence-electron chi connectivity index (χ0n) is 9.58. The smallest absolute Gasteiger partial charge is 0.339 e. The Labute approximate surface area is 109 Å². The van der Waals surface area contributed by atoms with Crippen molar-refractivity contribution in [2.24, 2.45) is 0 Å². The third kappa shape index (κ3) is 2.37. The molecule has 0 aliphatic heterocycles. The molecule has 0 saturated heterocycles. The normalized spacial score (nSPS) is 12.2. The van der Waals surface area contributed by atoms with Crippen molar-refractivity contribution >= 4 is 17.6 Å². The lowest BCUT2D eigenvalue weighted by Crippen LogP contribution is -2.13. The van der Waals surface area contributed by atoms with Gasteiger partial charge in [0.15, 0.2) is 6.10 Å². The van der Waals surface area contributed by atoms with E-state index in [-0.39, 0.29) is 0 Å². The number of nitrogens with zero attached hydrogens (tertiary/aromatic N) is 2. The minimum atomic E-state index is -1.33. The molecule has 0 radical (unpaired) electrons. The van der Waals surface area contributed by atoms with Gasteiger partial charge in [-0.1, -0.05) is 17.7 Å². The number of hydrogen-bond acceptors (Lipinski definition) is 4. The van der Waals surface area contributed by atoms with E-state index in [1.54, 1.807) is 35.3 Å². The van der Waals surface area contributed by atoms with Gasteiger partial charge in [-0.15, -0.1) is 0 Å². The molecule has 6 heteroatoms. The molecule has 2 rings (SSSR count). The maximum Gasteiger partial charge on any atom is 0.339 e. The molecular formula is C12H11ClN2O3. The average molecular weight is 267 g/mol. The highest BCUT2D eigenvalue weighted by molar-refractivity contribution is 6.32. The quantitative estimate of drug-likeness (QED) is 0.860. The van der Waals surface area contributed by atoms with Crippen LogP contribution < -0.4 is 0 Å². The molecule has 0 fully saturated rings. The molecule has 1 aromatic heterocycles. The highest BCUT2D eigenvalue weighted by Crippen LogP contribution is 2.25. The number of methoxy groups -OCH3 is 1. The Morgan fingerprint density at radius 1 is 1.56 bits per heavy atom. The number of hydrogen-bond donors (Lipinski definition) is 1. The fourth-order valence-corrected chi connectivity index (χ4v) is 1.81. The van der Waals surface area contributed by atoms with Gasteiger partial charge in [-0.3, -0.25) is 0 Å². The van der Waals surface area contributed by atoms with Gasteiger partial charge in [-0.05, 0) is 23.8 Å². The first-order valence-electron chi connectivity index (χ1n) is 5.19. The molecule has 0 bridgehead atoms. The molecule has 0 aliphatic rings. The van der Waals surface area contributed by atoms with E-state index in [0.29, 0.717) is 16.3 Å². The number of aromatic nitrogens is 2. The van der Waals surface area contributed by atoms with Crippen LogP contribution >= 0.6 is 11.6 Å². The van der Waals surface area contributed by atoms with Crippen LogP contribution in [0.15, 0.2) is 36.7 Å². The Morgan fingerprint density at radius 2 is 2.33 bits per heavy atom. The van der Waals surface area contributed by atoms with E-state index in [1.807, 2.05) is 0 Å². The summed E-state index contributed by atoms with van der Waals surface area (Å²) in [5.41, 5.74) is 1.05. The third-order valence-corrected chi connectivity index (χ3v) is 2.77. The van der Waals surface area contributed by atoms with Gasteiger partial charge in [0.1, 0.15) is 0 Å². The molecule has 0 amide bonds. The van der Waals surface area contributed by atoms with Crippen LogP contribution in [0.3, 0.4) is 0 Å². The summed E-state index contributed by atoms with van der Waals surface area (Å²) in [7, 11) is 1.21. The van der Waals surface area contributed by atoms with Crippen molar-refractivity contribution < 1.29 is 14.6 Å². The minimum Gasteiger partial charge on any atom is -0.467 e. The predicted octanol–water partition coefficient (Wildman–Crippen LogP) is 1.73. The maximum absolute atomic E-state index is 11.2. The molecule has 0 saturated carbocycles. The summed E-state index contributed by atoms with van der Waals surface area (Å²) >= 11 is 6.09. The van der Waals surface area contributed by atoms with E-state index in [4.69, 9.17) is 11.6 Å². The summed E-state index contributed by atoms with van der Waals surface area (Å²) in [4.78, 5) is 11.2. The summed E-state index contributed by atoms with van der Waals surface area (Å²) in [6.07, 6.45) is 2.05. The van der Waals surface area contributed by atoms with Crippen LogP contribution in [0.25, 0.3) is 5.69 Å². The van der Waals surface area contributed by atoms with Crippen LogP contribution in [0.2, 0.25) is 5.02 Å². The molecule has 1 heterocycles. The Morgan fingerprint density at radius 3 is 2.89 bits per heavy atom. The van der Waals surface area contributed by atoms with E-state index in [0.717, 1.165) is 0 Å². The van der Waals surface area contributed by atoms with E-state index in [2.05, 4.69) is 9.84 Å². The Kier molecular flexibility index (Phi) is 3.64. The van der Waals surface area contributed by atoms with Gasteiger partial charge >= 0.3 is 5.97 Å². The number of aliphatic hydroxyl groups is 1. The van der Waals surface area contributed by atoms with Crippen LogP contribution in [0.1, 0.15) is 11.7 Å². The summed E-state index contributed by atoms with van der Waals surface area (Å²) < 4.78 is 6.05. The molecule has 1 N–H and O–H groups in total. The maximum atomic E-state index is 11.2. The van der Waals surface area contributed by atoms with Crippen molar-refractivity contribution in [1.29, 1.82) is 0 Å². The van der Waals surface area contributed by atoms with Crippen LogP contribution in [-0.4, -0.2) is 28.0 Å². The Hall–Kier alpha value is -1.85. The molecule has 1 atom stereocenters. The molecule has 1 unspecified atom stereocenters. The van der Waals surface area contributed by atoms with Gasteiger partial charge in [0.05, 0.1) is 17.8 Å². The van der Waals surface area contributed by atoms with Crippen LogP contribution in [-0.2, 0) is 9.53 Å². The standard InChI is InChI=1S/C12H11ClN2O3/c1-18-12(17)11(16)8-3-4-10(9(13)7-8)15-6-2-5-14-15/h2-7,11,16H,1H3. The number of esters is 1. The number of benzene rings is 1.